The van der Waals surface area contributed by atoms with Gasteiger partial charge < -0.3 is 5.32 Å². The van der Waals surface area contributed by atoms with Crippen LogP contribution in [0.1, 0.15) is 10.4 Å². The molecule has 0 spiro atoms. The Morgan fingerprint density at radius 3 is 3.00 bits per heavy atom. The van der Waals surface area contributed by atoms with Gasteiger partial charge in [0.1, 0.15) is 5.82 Å². The van der Waals surface area contributed by atoms with Crippen LogP contribution in [-0.2, 0) is 6.54 Å². The number of hydrogen-bond donors (Lipinski definition) is 3. The predicted octanol–water partition coefficient (Wildman–Crippen LogP) is 2.51. The number of halogens is 1. The largest absolute Gasteiger partial charge is 0.365 e. The third kappa shape index (κ3) is 2.93. The van der Waals surface area contributed by atoms with Crippen LogP contribution in [0, 0.1) is 6.92 Å². The van der Waals surface area contributed by atoms with Gasteiger partial charge in [0.2, 0.25) is 5.95 Å². The Labute approximate surface area is 112 Å². The molecule has 0 fully saturated rings. The minimum Gasteiger partial charge on any atom is -0.365 e. The van der Waals surface area contributed by atoms with E-state index in [1.807, 2.05) is 18.4 Å². The van der Waals surface area contributed by atoms with Crippen LogP contribution in [0.4, 0.5) is 11.8 Å². The first-order valence-corrected chi connectivity index (χ1v) is 6.64. The lowest BCUT2D eigenvalue weighted by molar-refractivity contribution is 1.05. The van der Waals surface area contributed by atoms with Crippen molar-refractivity contribution in [3.63, 3.8) is 0 Å². The van der Waals surface area contributed by atoms with Crippen LogP contribution in [0.3, 0.4) is 0 Å². The normalized spacial score (nSPS) is 10.3. The molecular weight excluding hydrogens is 302 g/mol. The molecular formula is C10H12BrN5S. The molecule has 0 radical (unpaired) electrons. The number of thiophene rings is 1. The van der Waals surface area contributed by atoms with Crippen molar-refractivity contribution in [1.29, 1.82) is 0 Å². The van der Waals surface area contributed by atoms with Gasteiger partial charge in [-0.1, -0.05) is 0 Å². The number of nitrogen functional groups attached to an aromatic ring is 1. The molecule has 4 N–H and O–H groups in total. The van der Waals surface area contributed by atoms with Crippen LogP contribution < -0.4 is 16.6 Å². The molecule has 0 aliphatic carbocycles. The molecule has 0 atom stereocenters. The van der Waals surface area contributed by atoms with Gasteiger partial charge in [0.05, 0.1) is 6.54 Å². The Kier molecular flexibility index (Phi) is 3.93. The number of nitrogens with one attached hydrogen (secondary N) is 2. The van der Waals surface area contributed by atoms with Gasteiger partial charge in [0, 0.05) is 21.1 Å². The minimum absolute atomic E-state index is 0.406. The van der Waals surface area contributed by atoms with E-state index in [2.05, 4.69) is 36.6 Å². The van der Waals surface area contributed by atoms with Gasteiger partial charge in [-0.2, -0.15) is 4.98 Å². The molecule has 2 heterocycles. The first-order valence-electron chi connectivity index (χ1n) is 4.96. The third-order valence-corrected chi connectivity index (χ3v) is 4.13. The molecule has 0 unspecified atom stereocenters. The standard InChI is InChI=1S/C10H12BrN5S/c1-6-4-14-10(16-12)15-9(6)13-5-8-7(11)2-3-17-8/h2-4H,5,12H2,1H3,(H2,13,14,15,16). The fourth-order valence-electron chi connectivity index (χ4n) is 1.31. The van der Waals surface area contributed by atoms with Crippen molar-refractivity contribution in [2.45, 2.75) is 13.5 Å². The van der Waals surface area contributed by atoms with Crippen LogP contribution in [0.25, 0.3) is 0 Å². The van der Waals surface area contributed by atoms with Crippen molar-refractivity contribution in [3.8, 4) is 0 Å². The molecule has 2 rings (SSSR count). The van der Waals surface area contributed by atoms with Crippen LogP contribution in [0.2, 0.25) is 0 Å². The molecule has 0 bridgehead atoms. The number of nitrogens with zero attached hydrogens (tertiary/aromatic N) is 2. The number of anilines is 2. The maximum Gasteiger partial charge on any atom is 0.239 e. The maximum absolute atomic E-state index is 5.28. The van der Waals surface area contributed by atoms with E-state index in [0.29, 0.717) is 5.95 Å². The summed E-state index contributed by atoms with van der Waals surface area (Å²) in [5, 5.41) is 5.31. The molecule has 0 saturated heterocycles. The van der Waals surface area contributed by atoms with Gasteiger partial charge in [-0.05, 0) is 34.3 Å². The summed E-state index contributed by atoms with van der Waals surface area (Å²) >= 11 is 5.18. The summed E-state index contributed by atoms with van der Waals surface area (Å²) in [5.41, 5.74) is 3.41. The summed E-state index contributed by atoms with van der Waals surface area (Å²) in [7, 11) is 0. The van der Waals surface area contributed by atoms with E-state index in [-0.39, 0.29) is 0 Å². The van der Waals surface area contributed by atoms with Gasteiger partial charge in [0.15, 0.2) is 0 Å². The first kappa shape index (κ1) is 12.3. The van der Waals surface area contributed by atoms with Crippen LogP contribution in [0.5, 0.6) is 0 Å². The summed E-state index contributed by atoms with van der Waals surface area (Å²) in [5.74, 6) is 6.47. The second kappa shape index (κ2) is 5.44. The lowest BCUT2D eigenvalue weighted by atomic mass is 10.3. The average molecular weight is 314 g/mol. The first-order chi connectivity index (χ1) is 8.20. The van der Waals surface area contributed by atoms with E-state index in [1.165, 1.54) is 4.88 Å². The molecule has 0 amide bonds. The van der Waals surface area contributed by atoms with Crippen molar-refractivity contribution in [2.24, 2.45) is 5.84 Å². The molecule has 0 aromatic carbocycles. The number of nitrogens with two attached hydrogens (primary N) is 1. The molecule has 17 heavy (non-hydrogen) atoms. The summed E-state index contributed by atoms with van der Waals surface area (Å²) in [6.45, 7) is 2.67. The van der Waals surface area contributed by atoms with Gasteiger partial charge in [-0.25, -0.2) is 10.8 Å². The zero-order valence-corrected chi connectivity index (χ0v) is 11.6. The Balaban J connectivity index is 2.11. The van der Waals surface area contributed by atoms with E-state index in [4.69, 9.17) is 5.84 Å². The quantitative estimate of drug-likeness (QED) is 0.597. The smallest absolute Gasteiger partial charge is 0.239 e. The zero-order valence-electron chi connectivity index (χ0n) is 9.20. The summed E-state index contributed by atoms with van der Waals surface area (Å²) < 4.78 is 1.11. The third-order valence-electron chi connectivity index (χ3n) is 2.21. The molecule has 2 aromatic heterocycles. The van der Waals surface area contributed by atoms with Crippen LogP contribution in [0.15, 0.2) is 22.1 Å². The molecule has 0 aliphatic heterocycles. The molecule has 0 saturated carbocycles. The van der Waals surface area contributed by atoms with Crippen molar-refractivity contribution in [2.75, 3.05) is 10.7 Å². The number of hydrazine groups is 1. The average Bonchev–Trinajstić information content (AvgIpc) is 2.74. The Morgan fingerprint density at radius 2 is 2.35 bits per heavy atom. The number of hydrogen-bond acceptors (Lipinski definition) is 6. The lowest BCUT2D eigenvalue weighted by Gasteiger charge is -2.08. The lowest BCUT2D eigenvalue weighted by Crippen LogP contribution is -2.12. The van der Waals surface area contributed by atoms with Crippen LogP contribution >= 0.6 is 27.3 Å². The Morgan fingerprint density at radius 1 is 1.53 bits per heavy atom. The highest BCUT2D eigenvalue weighted by atomic mass is 79.9. The second-order valence-electron chi connectivity index (χ2n) is 3.41. The van der Waals surface area contributed by atoms with Gasteiger partial charge in [-0.15, -0.1) is 11.3 Å². The Bertz CT molecular complexity index is 513. The number of aryl methyl sites for hydroxylation is 1. The van der Waals surface area contributed by atoms with Gasteiger partial charge >= 0.3 is 0 Å². The minimum atomic E-state index is 0.406. The second-order valence-corrected chi connectivity index (χ2v) is 5.27. The molecule has 0 aliphatic rings. The Hall–Kier alpha value is -1.18. The molecule has 2 aromatic rings. The highest BCUT2D eigenvalue weighted by molar-refractivity contribution is 9.10. The molecule has 90 valence electrons. The van der Waals surface area contributed by atoms with Crippen molar-refractivity contribution >= 4 is 39.0 Å². The molecule has 5 nitrogen and oxygen atoms in total. The topological polar surface area (TPSA) is 75.9 Å². The van der Waals surface area contributed by atoms with Crippen molar-refractivity contribution in [1.82, 2.24) is 9.97 Å². The van der Waals surface area contributed by atoms with Gasteiger partial charge in [-0.3, -0.25) is 5.43 Å². The fourth-order valence-corrected chi connectivity index (χ4v) is 2.74. The maximum atomic E-state index is 5.28. The summed E-state index contributed by atoms with van der Waals surface area (Å²) in [6.07, 6.45) is 1.73. The predicted molar refractivity (Wildman–Crippen MR) is 73.9 cm³/mol. The van der Waals surface area contributed by atoms with Crippen LogP contribution in [-0.4, -0.2) is 9.97 Å². The highest BCUT2D eigenvalue weighted by Gasteiger charge is 2.05. The van der Waals surface area contributed by atoms with E-state index in [9.17, 15) is 0 Å². The summed E-state index contributed by atoms with van der Waals surface area (Å²) in [6, 6.07) is 2.03. The van der Waals surface area contributed by atoms with Crippen molar-refractivity contribution < 1.29 is 0 Å². The number of aromatic nitrogens is 2. The van der Waals surface area contributed by atoms with E-state index in [0.717, 1.165) is 22.4 Å². The monoisotopic (exact) mass is 313 g/mol. The highest BCUT2D eigenvalue weighted by Crippen LogP contribution is 2.24. The van der Waals surface area contributed by atoms with E-state index >= 15 is 0 Å². The van der Waals surface area contributed by atoms with E-state index in [1.54, 1.807) is 17.5 Å². The van der Waals surface area contributed by atoms with Gasteiger partial charge in [0.25, 0.3) is 0 Å². The van der Waals surface area contributed by atoms with E-state index < -0.39 is 0 Å². The molecule has 7 heteroatoms. The zero-order chi connectivity index (χ0) is 12.3. The summed E-state index contributed by atoms with van der Waals surface area (Å²) in [4.78, 5) is 9.50. The fraction of sp³-hybridized carbons (Fsp3) is 0.200. The number of rotatable bonds is 4. The van der Waals surface area contributed by atoms with Crippen molar-refractivity contribution in [3.05, 3.63) is 32.6 Å². The SMILES string of the molecule is Cc1cnc(NN)nc1NCc1sccc1Br.